The maximum atomic E-state index is 13.7. The van der Waals surface area contributed by atoms with E-state index in [2.05, 4.69) is 5.32 Å². The fraction of sp³-hybridized carbons (Fsp3) is 0. The molecule has 0 aliphatic rings. The Morgan fingerprint density at radius 3 is 2.21 bits per heavy atom. The van der Waals surface area contributed by atoms with Gasteiger partial charge in [0.05, 0.1) is 0 Å². The Morgan fingerprint density at radius 2 is 1.68 bits per heavy atom. The van der Waals surface area contributed by atoms with Crippen LogP contribution in [0.3, 0.4) is 0 Å². The molecule has 2 nitrogen and oxygen atoms in total. The van der Waals surface area contributed by atoms with Crippen molar-refractivity contribution in [3.05, 3.63) is 57.8 Å². The van der Waals surface area contributed by atoms with Crippen molar-refractivity contribution in [3.63, 3.8) is 0 Å². The number of rotatable bonds is 3. The SMILES string of the molecule is NC(=S)c1ccc(Nc2cc(Cl)cc(Cl)c2)cc1F. The predicted molar refractivity (Wildman–Crippen MR) is 82.0 cm³/mol. The molecule has 0 radical (unpaired) electrons. The maximum absolute atomic E-state index is 13.7. The molecule has 98 valence electrons. The molecule has 0 fully saturated rings. The number of benzene rings is 2. The minimum Gasteiger partial charge on any atom is -0.389 e. The van der Waals surface area contributed by atoms with Crippen LogP contribution in [0.2, 0.25) is 10.0 Å². The minimum atomic E-state index is -0.481. The van der Waals surface area contributed by atoms with Crippen molar-refractivity contribution in [2.75, 3.05) is 5.32 Å². The van der Waals surface area contributed by atoms with Gasteiger partial charge in [-0.3, -0.25) is 0 Å². The van der Waals surface area contributed by atoms with E-state index in [1.165, 1.54) is 12.1 Å². The number of thiocarbonyl (C=S) groups is 1. The van der Waals surface area contributed by atoms with Crippen LogP contribution in [0.5, 0.6) is 0 Å². The normalized spacial score (nSPS) is 10.3. The van der Waals surface area contributed by atoms with E-state index in [9.17, 15) is 4.39 Å². The van der Waals surface area contributed by atoms with Gasteiger partial charge in [0, 0.05) is 27.0 Å². The summed E-state index contributed by atoms with van der Waals surface area (Å²) >= 11 is 16.5. The van der Waals surface area contributed by atoms with Gasteiger partial charge in [-0.1, -0.05) is 35.4 Å². The zero-order valence-electron chi connectivity index (χ0n) is 9.58. The lowest BCUT2D eigenvalue weighted by Gasteiger charge is -2.09. The first kappa shape index (κ1) is 14.1. The molecule has 0 aromatic heterocycles. The van der Waals surface area contributed by atoms with Gasteiger partial charge < -0.3 is 11.1 Å². The molecule has 0 atom stereocenters. The molecule has 0 bridgehead atoms. The van der Waals surface area contributed by atoms with E-state index in [-0.39, 0.29) is 10.6 Å². The molecule has 0 saturated heterocycles. The molecule has 0 saturated carbocycles. The molecule has 19 heavy (non-hydrogen) atoms. The Morgan fingerprint density at radius 1 is 1.05 bits per heavy atom. The smallest absolute Gasteiger partial charge is 0.135 e. The number of anilines is 2. The van der Waals surface area contributed by atoms with Crippen LogP contribution in [-0.4, -0.2) is 4.99 Å². The van der Waals surface area contributed by atoms with Crippen LogP contribution >= 0.6 is 35.4 Å². The highest BCUT2D eigenvalue weighted by atomic mass is 35.5. The van der Waals surface area contributed by atoms with Crippen LogP contribution in [0.25, 0.3) is 0 Å². The number of nitrogens with one attached hydrogen (secondary N) is 1. The molecular weight excluding hydrogens is 306 g/mol. The van der Waals surface area contributed by atoms with Gasteiger partial charge in [0.15, 0.2) is 0 Å². The molecule has 3 N–H and O–H groups in total. The fourth-order valence-electron chi connectivity index (χ4n) is 1.59. The average molecular weight is 315 g/mol. The van der Waals surface area contributed by atoms with E-state index in [1.807, 2.05) is 0 Å². The van der Waals surface area contributed by atoms with Gasteiger partial charge in [0.2, 0.25) is 0 Å². The first-order valence-electron chi connectivity index (χ1n) is 5.28. The van der Waals surface area contributed by atoms with E-state index in [0.29, 0.717) is 21.4 Å². The second-order valence-corrected chi connectivity index (χ2v) is 5.15. The minimum absolute atomic E-state index is 0.0230. The second kappa shape index (κ2) is 5.74. The highest BCUT2D eigenvalue weighted by Gasteiger charge is 2.06. The number of nitrogens with two attached hydrogens (primary N) is 1. The Labute approximate surface area is 125 Å². The van der Waals surface area contributed by atoms with E-state index in [4.69, 9.17) is 41.2 Å². The summed E-state index contributed by atoms with van der Waals surface area (Å²) in [6.45, 7) is 0. The molecule has 0 aliphatic heterocycles. The van der Waals surface area contributed by atoms with Crippen LogP contribution in [0.15, 0.2) is 36.4 Å². The van der Waals surface area contributed by atoms with Crippen LogP contribution in [-0.2, 0) is 0 Å². The van der Waals surface area contributed by atoms with Gasteiger partial charge >= 0.3 is 0 Å². The topological polar surface area (TPSA) is 38.0 Å². The Kier molecular flexibility index (Phi) is 4.24. The zero-order chi connectivity index (χ0) is 14.0. The Bertz CT molecular complexity index is 626. The molecule has 6 heteroatoms. The first-order valence-corrected chi connectivity index (χ1v) is 6.44. The third-order valence-corrected chi connectivity index (χ3v) is 3.04. The molecule has 0 aliphatic carbocycles. The molecular formula is C13H9Cl2FN2S. The molecule has 2 rings (SSSR count). The molecule has 2 aromatic rings. The lowest BCUT2D eigenvalue weighted by atomic mass is 10.2. The van der Waals surface area contributed by atoms with Crippen LogP contribution in [0.4, 0.5) is 15.8 Å². The molecule has 0 unspecified atom stereocenters. The van der Waals surface area contributed by atoms with Crippen molar-refractivity contribution in [1.29, 1.82) is 0 Å². The van der Waals surface area contributed by atoms with Crippen molar-refractivity contribution in [1.82, 2.24) is 0 Å². The van der Waals surface area contributed by atoms with E-state index in [1.54, 1.807) is 24.3 Å². The van der Waals surface area contributed by atoms with Gasteiger partial charge in [-0.25, -0.2) is 4.39 Å². The highest BCUT2D eigenvalue weighted by molar-refractivity contribution is 7.80. The van der Waals surface area contributed by atoms with Gasteiger partial charge in [-0.05, 0) is 36.4 Å². The summed E-state index contributed by atoms with van der Waals surface area (Å²) in [5.41, 5.74) is 6.82. The molecule has 0 spiro atoms. The summed E-state index contributed by atoms with van der Waals surface area (Å²) in [6.07, 6.45) is 0. The first-order chi connectivity index (χ1) is 8.95. The zero-order valence-corrected chi connectivity index (χ0v) is 11.9. The van der Waals surface area contributed by atoms with Crippen LogP contribution < -0.4 is 11.1 Å². The van der Waals surface area contributed by atoms with Gasteiger partial charge in [0.1, 0.15) is 10.8 Å². The summed E-state index contributed by atoms with van der Waals surface area (Å²) in [5, 5.41) is 3.99. The van der Waals surface area contributed by atoms with E-state index in [0.717, 1.165) is 0 Å². The monoisotopic (exact) mass is 314 g/mol. The number of halogens is 3. The van der Waals surface area contributed by atoms with Crippen LogP contribution in [0.1, 0.15) is 5.56 Å². The Balaban J connectivity index is 2.28. The van der Waals surface area contributed by atoms with Gasteiger partial charge in [-0.2, -0.15) is 0 Å². The summed E-state index contributed by atoms with van der Waals surface area (Å²) in [5.74, 6) is -0.481. The molecule has 2 aromatic carbocycles. The number of hydrogen-bond acceptors (Lipinski definition) is 2. The van der Waals surface area contributed by atoms with Crippen molar-refractivity contribution < 1.29 is 4.39 Å². The highest BCUT2D eigenvalue weighted by Crippen LogP contribution is 2.26. The largest absolute Gasteiger partial charge is 0.389 e. The maximum Gasteiger partial charge on any atom is 0.135 e. The molecule has 0 heterocycles. The summed E-state index contributed by atoms with van der Waals surface area (Å²) in [4.78, 5) is 0.0230. The summed E-state index contributed by atoms with van der Waals surface area (Å²) in [6, 6.07) is 9.49. The van der Waals surface area contributed by atoms with Crippen molar-refractivity contribution in [2.45, 2.75) is 0 Å². The fourth-order valence-corrected chi connectivity index (χ4v) is 2.28. The van der Waals surface area contributed by atoms with E-state index >= 15 is 0 Å². The predicted octanol–water partition coefficient (Wildman–Crippen LogP) is 4.51. The van der Waals surface area contributed by atoms with Gasteiger partial charge in [0.25, 0.3) is 0 Å². The quantitative estimate of drug-likeness (QED) is 0.819. The summed E-state index contributed by atoms with van der Waals surface area (Å²) < 4.78 is 13.7. The molecule has 0 amide bonds. The lowest BCUT2D eigenvalue weighted by molar-refractivity contribution is 0.626. The third kappa shape index (κ3) is 3.56. The average Bonchev–Trinajstić information content (AvgIpc) is 2.26. The van der Waals surface area contributed by atoms with Gasteiger partial charge in [-0.15, -0.1) is 0 Å². The Hall–Kier alpha value is -1.36. The second-order valence-electron chi connectivity index (χ2n) is 3.84. The summed E-state index contributed by atoms with van der Waals surface area (Å²) in [7, 11) is 0. The van der Waals surface area contributed by atoms with Crippen molar-refractivity contribution >= 4 is 51.8 Å². The van der Waals surface area contributed by atoms with E-state index < -0.39 is 5.82 Å². The van der Waals surface area contributed by atoms with Crippen molar-refractivity contribution in [3.8, 4) is 0 Å². The lowest BCUT2D eigenvalue weighted by Crippen LogP contribution is -2.11. The van der Waals surface area contributed by atoms with Crippen molar-refractivity contribution in [2.24, 2.45) is 5.73 Å². The van der Waals surface area contributed by atoms with Crippen LogP contribution in [0, 0.1) is 5.82 Å². The standard InChI is InChI=1S/C13H9Cl2FN2S/c14-7-3-8(15)5-10(4-7)18-9-1-2-11(13(17)19)12(16)6-9/h1-6,18H,(H2,17,19). The number of hydrogen-bond donors (Lipinski definition) is 2. The third-order valence-electron chi connectivity index (χ3n) is 2.39.